The first kappa shape index (κ1) is 14.2. The summed E-state index contributed by atoms with van der Waals surface area (Å²) in [5, 5.41) is 3.90. The molecular formula is C14H12BrN3O2. The first-order valence-electron chi connectivity index (χ1n) is 5.78. The van der Waals surface area contributed by atoms with Crippen molar-refractivity contribution in [1.82, 2.24) is 10.4 Å². The van der Waals surface area contributed by atoms with Gasteiger partial charge < -0.3 is 4.74 Å². The standard InChI is InChI=1S/C14H12BrN3O2/c1-20-13-6-5-11(15)8-10(13)9-17-18-14(19)12-4-2-3-7-16-12/h2-9H,1H3,(H,18,19)/b17-9+. The molecule has 1 aromatic carbocycles. The second kappa shape index (κ2) is 6.81. The zero-order chi connectivity index (χ0) is 14.4. The summed E-state index contributed by atoms with van der Waals surface area (Å²) in [6, 6.07) is 10.6. The molecule has 1 N–H and O–H groups in total. The van der Waals surface area contributed by atoms with Crippen molar-refractivity contribution >= 4 is 28.1 Å². The number of methoxy groups -OCH3 is 1. The lowest BCUT2D eigenvalue weighted by molar-refractivity contribution is 0.0950. The first-order valence-corrected chi connectivity index (χ1v) is 6.58. The molecule has 0 saturated carbocycles. The van der Waals surface area contributed by atoms with Gasteiger partial charge in [-0.25, -0.2) is 5.43 Å². The number of carbonyl (C=O) groups excluding carboxylic acids is 1. The van der Waals surface area contributed by atoms with E-state index in [-0.39, 0.29) is 5.91 Å². The maximum Gasteiger partial charge on any atom is 0.289 e. The third-order valence-electron chi connectivity index (χ3n) is 2.46. The number of halogens is 1. The van der Waals surface area contributed by atoms with Crippen LogP contribution in [-0.2, 0) is 0 Å². The Bertz CT molecular complexity index is 630. The number of rotatable bonds is 4. The van der Waals surface area contributed by atoms with Crippen LogP contribution < -0.4 is 10.2 Å². The van der Waals surface area contributed by atoms with Crippen LogP contribution in [0.1, 0.15) is 16.1 Å². The lowest BCUT2D eigenvalue weighted by atomic mass is 10.2. The molecule has 2 aromatic rings. The van der Waals surface area contributed by atoms with Crippen LogP contribution in [0.25, 0.3) is 0 Å². The number of pyridine rings is 1. The number of benzene rings is 1. The largest absolute Gasteiger partial charge is 0.496 e. The number of nitrogens with one attached hydrogen (secondary N) is 1. The van der Waals surface area contributed by atoms with Crippen molar-refractivity contribution in [2.45, 2.75) is 0 Å². The van der Waals surface area contributed by atoms with E-state index in [0.717, 1.165) is 10.0 Å². The van der Waals surface area contributed by atoms with Crippen LogP contribution >= 0.6 is 15.9 Å². The van der Waals surface area contributed by atoms with Crippen LogP contribution in [0.5, 0.6) is 5.75 Å². The van der Waals surface area contributed by atoms with Gasteiger partial charge in [-0.05, 0) is 30.3 Å². The second-order valence-electron chi connectivity index (χ2n) is 3.80. The Labute approximate surface area is 124 Å². The van der Waals surface area contributed by atoms with Gasteiger partial charge in [0.15, 0.2) is 0 Å². The fraction of sp³-hybridized carbons (Fsp3) is 0.0714. The molecule has 0 bridgehead atoms. The number of hydrogen-bond donors (Lipinski definition) is 1. The van der Waals surface area contributed by atoms with Crippen molar-refractivity contribution in [1.29, 1.82) is 0 Å². The second-order valence-corrected chi connectivity index (χ2v) is 4.72. The zero-order valence-corrected chi connectivity index (χ0v) is 12.3. The topological polar surface area (TPSA) is 63.6 Å². The average Bonchev–Trinajstić information content (AvgIpc) is 2.48. The van der Waals surface area contributed by atoms with Gasteiger partial charge in [-0.1, -0.05) is 22.0 Å². The van der Waals surface area contributed by atoms with Gasteiger partial charge in [0.05, 0.1) is 13.3 Å². The molecule has 0 fully saturated rings. The molecule has 0 unspecified atom stereocenters. The van der Waals surface area contributed by atoms with E-state index in [1.807, 2.05) is 18.2 Å². The van der Waals surface area contributed by atoms with E-state index in [1.54, 1.807) is 31.5 Å². The minimum Gasteiger partial charge on any atom is -0.496 e. The van der Waals surface area contributed by atoms with Gasteiger partial charge in [0.2, 0.25) is 0 Å². The van der Waals surface area contributed by atoms with Crippen molar-refractivity contribution in [3.05, 3.63) is 58.3 Å². The molecule has 0 aliphatic carbocycles. The molecule has 0 spiro atoms. The highest BCUT2D eigenvalue weighted by atomic mass is 79.9. The van der Waals surface area contributed by atoms with Crippen LogP contribution in [0.3, 0.4) is 0 Å². The molecule has 1 amide bonds. The third kappa shape index (κ3) is 3.64. The van der Waals surface area contributed by atoms with E-state index in [2.05, 4.69) is 31.4 Å². The summed E-state index contributed by atoms with van der Waals surface area (Å²) < 4.78 is 6.10. The normalized spacial score (nSPS) is 10.5. The van der Waals surface area contributed by atoms with Crippen LogP contribution in [0.15, 0.2) is 52.2 Å². The third-order valence-corrected chi connectivity index (χ3v) is 2.95. The zero-order valence-electron chi connectivity index (χ0n) is 10.7. The maximum absolute atomic E-state index is 11.7. The number of amides is 1. The van der Waals surface area contributed by atoms with Crippen LogP contribution in [-0.4, -0.2) is 24.2 Å². The summed E-state index contributed by atoms with van der Waals surface area (Å²) in [6.07, 6.45) is 3.07. The molecular weight excluding hydrogens is 322 g/mol. The van der Waals surface area contributed by atoms with Gasteiger partial charge in [0.25, 0.3) is 5.91 Å². The number of aromatic nitrogens is 1. The molecule has 0 radical (unpaired) electrons. The number of ether oxygens (including phenoxy) is 1. The van der Waals surface area contributed by atoms with E-state index < -0.39 is 0 Å². The highest BCUT2D eigenvalue weighted by Crippen LogP contribution is 2.21. The predicted octanol–water partition coefficient (Wildman–Crippen LogP) is 2.62. The predicted molar refractivity (Wildman–Crippen MR) is 80.0 cm³/mol. The number of carbonyl (C=O) groups is 1. The van der Waals surface area contributed by atoms with Crippen molar-refractivity contribution in [3.63, 3.8) is 0 Å². The van der Waals surface area contributed by atoms with Crippen molar-refractivity contribution in [3.8, 4) is 5.75 Å². The van der Waals surface area contributed by atoms with E-state index in [0.29, 0.717) is 11.4 Å². The fourth-order valence-corrected chi connectivity index (χ4v) is 1.90. The molecule has 1 heterocycles. The van der Waals surface area contributed by atoms with Gasteiger partial charge in [-0.2, -0.15) is 5.10 Å². The van der Waals surface area contributed by atoms with Gasteiger partial charge >= 0.3 is 0 Å². The van der Waals surface area contributed by atoms with E-state index in [1.165, 1.54) is 6.21 Å². The van der Waals surface area contributed by atoms with Crippen LogP contribution in [0.2, 0.25) is 0 Å². The minimum atomic E-state index is -0.365. The minimum absolute atomic E-state index is 0.311. The summed E-state index contributed by atoms with van der Waals surface area (Å²) >= 11 is 3.37. The van der Waals surface area contributed by atoms with E-state index >= 15 is 0 Å². The summed E-state index contributed by atoms with van der Waals surface area (Å²) in [6.45, 7) is 0. The molecule has 6 heteroatoms. The molecule has 0 saturated heterocycles. The molecule has 5 nitrogen and oxygen atoms in total. The number of hydrazone groups is 1. The summed E-state index contributed by atoms with van der Waals surface area (Å²) in [7, 11) is 1.58. The van der Waals surface area contributed by atoms with Crippen LogP contribution in [0, 0.1) is 0 Å². The van der Waals surface area contributed by atoms with E-state index in [4.69, 9.17) is 4.74 Å². The lowest BCUT2D eigenvalue weighted by Gasteiger charge is -2.04. The van der Waals surface area contributed by atoms with Gasteiger partial charge in [-0.3, -0.25) is 9.78 Å². The SMILES string of the molecule is COc1ccc(Br)cc1/C=N/NC(=O)c1ccccn1. The number of hydrogen-bond acceptors (Lipinski definition) is 4. The Kier molecular flexibility index (Phi) is 4.84. The molecule has 20 heavy (non-hydrogen) atoms. The van der Waals surface area contributed by atoms with Crippen LogP contribution in [0.4, 0.5) is 0 Å². The maximum atomic E-state index is 11.7. The lowest BCUT2D eigenvalue weighted by Crippen LogP contribution is -2.18. The molecule has 0 aliphatic rings. The molecule has 0 atom stereocenters. The van der Waals surface area contributed by atoms with Crippen molar-refractivity contribution < 1.29 is 9.53 Å². The van der Waals surface area contributed by atoms with Gasteiger partial charge in [-0.15, -0.1) is 0 Å². The molecule has 1 aromatic heterocycles. The van der Waals surface area contributed by atoms with Gasteiger partial charge in [0.1, 0.15) is 11.4 Å². The van der Waals surface area contributed by atoms with Crippen molar-refractivity contribution in [2.24, 2.45) is 5.10 Å². The number of nitrogens with zero attached hydrogens (tertiary/aromatic N) is 2. The smallest absolute Gasteiger partial charge is 0.289 e. The molecule has 102 valence electrons. The first-order chi connectivity index (χ1) is 9.70. The summed E-state index contributed by atoms with van der Waals surface area (Å²) in [5.74, 6) is 0.305. The molecule has 2 rings (SSSR count). The Hall–Kier alpha value is -2.21. The average molecular weight is 334 g/mol. The Morgan fingerprint density at radius 1 is 1.40 bits per heavy atom. The highest BCUT2D eigenvalue weighted by molar-refractivity contribution is 9.10. The Balaban J connectivity index is 2.07. The Morgan fingerprint density at radius 2 is 2.25 bits per heavy atom. The summed E-state index contributed by atoms with van der Waals surface area (Å²) in [4.78, 5) is 15.7. The summed E-state index contributed by atoms with van der Waals surface area (Å²) in [5.41, 5.74) is 3.48. The monoisotopic (exact) mass is 333 g/mol. The molecule has 0 aliphatic heterocycles. The quantitative estimate of drug-likeness (QED) is 0.691. The van der Waals surface area contributed by atoms with Gasteiger partial charge in [0, 0.05) is 16.2 Å². The van der Waals surface area contributed by atoms with E-state index in [9.17, 15) is 4.79 Å². The Morgan fingerprint density at radius 3 is 2.95 bits per heavy atom. The highest BCUT2D eigenvalue weighted by Gasteiger charge is 2.04. The fourth-order valence-electron chi connectivity index (χ4n) is 1.52. The van der Waals surface area contributed by atoms with Crippen molar-refractivity contribution in [2.75, 3.05) is 7.11 Å².